The summed E-state index contributed by atoms with van der Waals surface area (Å²) in [5.41, 5.74) is 1.80. The van der Waals surface area contributed by atoms with Crippen molar-refractivity contribution in [2.75, 3.05) is 5.88 Å². The molecule has 0 saturated carbocycles. The van der Waals surface area contributed by atoms with Gasteiger partial charge in [-0.2, -0.15) is 0 Å². The van der Waals surface area contributed by atoms with E-state index in [9.17, 15) is 0 Å². The fourth-order valence-electron chi connectivity index (χ4n) is 3.10. The van der Waals surface area contributed by atoms with Gasteiger partial charge < -0.3 is 0 Å². The molecule has 2 heteroatoms. The lowest BCUT2D eigenvalue weighted by Gasteiger charge is -2.58. The minimum absolute atomic E-state index is 0.398. The average molecular weight is 252 g/mol. The van der Waals surface area contributed by atoms with Crippen molar-refractivity contribution in [2.24, 2.45) is 0 Å². The van der Waals surface area contributed by atoms with Crippen molar-refractivity contribution in [1.29, 1.82) is 0 Å². The van der Waals surface area contributed by atoms with Crippen molar-refractivity contribution >= 4 is 11.6 Å². The normalized spacial score (nSPS) is 23.4. The lowest BCUT2D eigenvalue weighted by atomic mass is 9.74. The third-order valence-corrected chi connectivity index (χ3v) is 4.71. The number of halogens is 1. The van der Waals surface area contributed by atoms with E-state index in [4.69, 9.17) is 11.6 Å². The van der Waals surface area contributed by atoms with Gasteiger partial charge in [-0.05, 0) is 24.8 Å². The third-order valence-electron chi connectivity index (χ3n) is 4.36. The molecule has 2 rings (SSSR count). The molecule has 0 bridgehead atoms. The molecule has 0 N–H and O–H groups in total. The van der Waals surface area contributed by atoms with E-state index in [-0.39, 0.29) is 0 Å². The number of benzene rings is 1. The highest BCUT2D eigenvalue weighted by molar-refractivity contribution is 6.18. The van der Waals surface area contributed by atoms with Gasteiger partial charge in [-0.3, -0.25) is 4.90 Å². The zero-order chi connectivity index (χ0) is 12.3. The van der Waals surface area contributed by atoms with Crippen LogP contribution in [-0.4, -0.2) is 22.4 Å². The SMILES string of the molecule is CCC1(CC)CC(CCl)N1Cc1ccccc1. The van der Waals surface area contributed by atoms with Gasteiger partial charge in [0.05, 0.1) is 0 Å². The summed E-state index contributed by atoms with van der Waals surface area (Å²) in [6, 6.07) is 11.3. The Morgan fingerprint density at radius 2 is 1.88 bits per heavy atom. The maximum Gasteiger partial charge on any atom is 0.0380 e. The first-order valence-corrected chi connectivity index (χ1v) is 7.16. The molecule has 1 unspecified atom stereocenters. The summed E-state index contributed by atoms with van der Waals surface area (Å²) in [4.78, 5) is 2.61. The maximum atomic E-state index is 6.06. The molecule has 1 aromatic rings. The standard InChI is InChI=1S/C15H22ClN/c1-3-15(4-2)10-14(11-16)17(15)12-13-8-6-5-7-9-13/h5-9,14H,3-4,10-12H2,1-2H3. The average Bonchev–Trinajstić information content (AvgIpc) is 2.38. The Morgan fingerprint density at radius 3 is 2.41 bits per heavy atom. The highest BCUT2D eigenvalue weighted by Gasteiger charge is 2.48. The Hall–Kier alpha value is -0.530. The number of hydrogen-bond acceptors (Lipinski definition) is 1. The largest absolute Gasteiger partial charge is 0.289 e. The fraction of sp³-hybridized carbons (Fsp3) is 0.600. The van der Waals surface area contributed by atoms with Crippen molar-refractivity contribution in [1.82, 2.24) is 4.90 Å². The van der Waals surface area contributed by atoms with Crippen molar-refractivity contribution in [2.45, 2.75) is 51.2 Å². The van der Waals surface area contributed by atoms with Gasteiger partial charge in [0, 0.05) is 24.0 Å². The summed E-state index contributed by atoms with van der Waals surface area (Å²) in [6.07, 6.45) is 3.71. The van der Waals surface area contributed by atoms with Gasteiger partial charge >= 0.3 is 0 Å². The molecule has 1 nitrogen and oxygen atoms in total. The van der Waals surface area contributed by atoms with Crippen LogP contribution in [0.1, 0.15) is 38.7 Å². The van der Waals surface area contributed by atoms with E-state index in [1.54, 1.807) is 0 Å². The van der Waals surface area contributed by atoms with Gasteiger partial charge in [-0.1, -0.05) is 44.2 Å². The van der Waals surface area contributed by atoms with Crippen molar-refractivity contribution in [3.05, 3.63) is 35.9 Å². The molecule has 0 spiro atoms. The first-order valence-electron chi connectivity index (χ1n) is 6.62. The monoisotopic (exact) mass is 251 g/mol. The molecule has 0 radical (unpaired) electrons. The van der Waals surface area contributed by atoms with Crippen LogP contribution >= 0.6 is 11.6 Å². The Balaban J connectivity index is 2.11. The molecule has 1 aliphatic rings. The van der Waals surface area contributed by atoms with Gasteiger partial charge in [-0.25, -0.2) is 0 Å². The van der Waals surface area contributed by atoms with Crippen LogP contribution in [0, 0.1) is 0 Å². The topological polar surface area (TPSA) is 3.24 Å². The van der Waals surface area contributed by atoms with Gasteiger partial charge in [0.1, 0.15) is 0 Å². The molecule has 1 atom stereocenters. The molecular formula is C15H22ClN. The van der Waals surface area contributed by atoms with Gasteiger partial charge in [-0.15, -0.1) is 11.6 Å². The second-order valence-electron chi connectivity index (χ2n) is 5.06. The predicted molar refractivity (Wildman–Crippen MR) is 74.4 cm³/mol. The van der Waals surface area contributed by atoms with E-state index >= 15 is 0 Å². The van der Waals surface area contributed by atoms with E-state index < -0.39 is 0 Å². The lowest BCUT2D eigenvalue weighted by Crippen LogP contribution is -2.65. The van der Waals surface area contributed by atoms with Gasteiger partial charge in [0.2, 0.25) is 0 Å². The molecule has 0 aromatic heterocycles. The summed E-state index contributed by atoms with van der Waals surface area (Å²) in [6.45, 7) is 5.64. The van der Waals surface area contributed by atoms with E-state index in [2.05, 4.69) is 49.1 Å². The molecule has 1 heterocycles. The van der Waals surface area contributed by atoms with Crippen molar-refractivity contribution in [3.8, 4) is 0 Å². The Kier molecular flexibility index (Phi) is 4.11. The van der Waals surface area contributed by atoms with E-state index in [1.165, 1.54) is 24.8 Å². The minimum atomic E-state index is 0.398. The second-order valence-corrected chi connectivity index (χ2v) is 5.37. The van der Waals surface area contributed by atoms with Crippen LogP contribution in [0.3, 0.4) is 0 Å². The van der Waals surface area contributed by atoms with Crippen LogP contribution in [0.2, 0.25) is 0 Å². The first kappa shape index (κ1) is 12.9. The quantitative estimate of drug-likeness (QED) is 0.714. The number of hydrogen-bond donors (Lipinski definition) is 0. The molecule has 1 saturated heterocycles. The molecule has 1 aliphatic heterocycles. The lowest BCUT2D eigenvalue weighted by molar-refractivity contribution is -0.0768. The molecule has 17 heavy (non-hydrogen) atoms. The number of likely N-dealkylation sites (tertiary alicyclic amines) is 1. The third kappa shape index (κ3) is 2.36. The van der Waals surface area contributed by atoms with Crippen LogP contribution in [0.5, 0.6) is 0 Å². The van der Waals surface area contributed by atoms with Gasteiger partial charge in [0.25, 0.3) is 0 Å². The van der Waals surface area contributed by atoms with Crippen molar-refractivity contribution < 1.29 is 0 Å². The molecule has 0 amide bonds. The summed E-state index contributed by atoms with van der Waals surface area (Å²) in [5.74, 6) is 0.759. The zero-order valence-electron chi connectivity index (χ0n) is 10.8. The number of rotatable bonds is 5. The Labute approximate surface area is 110 Å². The molecular weight excluding hydrogens is 230 g/mol. The summed E-state index contributed by atoms with van der Waals surface area (Å²) in [5, 5.41) is 0. The fourth-order valence-corrected chi connectivity index (χ4v) is 3.38. The van der Waals surface area contributed by atoms with E-state index in [0.29, 0.717) is 11.6 Å². The van der Waals surface area contributed by atoms with E-state index in [0.717, 1.165) is 12.4 Å². The number of alkyl halides is 1. The summed E-state index contributed by atoms with van der Waals surface area (Å²) in [7, 11) is 0. The Bertz CT molecular complexity index is 345. The molecule has 1 aromatic carbocycles. The summed E-state index contributed by atoms with van der Waals surface area (Å²) < 4.78 is 0. The first-order chi connectivity index (χ1) is 8.25. The highest BCUT2D eigenvalue weighted by atomic mass is 35.5. The molecule has 1 fully saturated rings. The maximum absolute atomic E-state index is 6.06. The van der Waals surface area contributed by atoms with Crippen LogP contribution in [0.4, 0.5) is 0 Å². The molecule has 0 aliphatic carbocycles. The second kappa shape index (κ2) is 5.41. The van der Waals surface area contributed by atoms with Crippen LogP contribution in [0.15, 0.2) is 30.3 Å². The highest BCUT2D eigenvalue weighted by Crippen LogP contribution is 2.43. The van der Waals surface area contributed by atoms with Crippen molar-refractivity contribution in [3.63, 3.8) is 0 Å². The molecule has 94 valence electrons. The van der Waals surface area contributed by atoms with E-state index in [1.807, 2.05) is 0 Å². The minimum Gasteiger partial charge on any atom is -0.289 e. The smallest absolute Gasteiger partial charge is 0.0380 e. The number of nitrogens with zero attached hydrogens (tertiary/aromatic N) is 1. The zero-order valence-corrected chi connectivity index (χ0v) is 11.6. The summed E-state index contributed by atoms with van der Waals surface area (Å²) >= 11 is 6.06. The predicted octanol–water partition coefficient (Wildman–Crippen LogP) is 4.06. The van der Waals surface area contributed by atoms with Crippen LogP contribution in [0.25, 0.3) is 0 Å². The van der Waals surface area contributed by atoms with Crippen LogP contribution < -0.4 is 0 Å². The van der Waals surface area contributed by atoms with Crippen LogP contribution in [-0.2, 0) is 6.54 Å². The Morgan fingerprint density at radius 1 is 1.24 bits per heavy atom. The van der Waals surface area contributed by atoms with Gasteiger partial charge in [0.15, 0.2) is 0 Å².